The van der Waals surface area contributed by atoms with Crippen LogP contribution in [0.15, 0.2) is 53.0 Å². The molecule has 1 amide bonds. The van der Waals surface area contributed by atoms with E-state index in [4.69, 9.17) is 4.74 Å². The van der Waals surface area contributed by atoms with Gasteiger partial charge in [0.15, 0.2) is 0 Å². The molecule has 0 radical (unpaired) electrons. The fourth-order valence-electron chi connectivity index (χ4n) is 2.96. The number of carbonyl (C=O) groups is 1. The lowest BCUT2D eigenvalue weighted by molar-refractivity contribution is -0.384. The van der Waals surface area contributed by atoms with Crippen LogP contribution in [0, 0.1) is 10.1 Å². The summed E-state index contributed by atoms with van der Waals surface area (Å²) in [5.41, 5.74) is 1.53. The second kappa shape index (κ2) is 8.42. The van der Waals surface area contributed by atoms with Gasteiger partial charge in [0.2, 0.25) is 0 Å². The summed E-state index contributed by atoms with van der Waals surface area (Å²) in [5, 5.41) is 10.7. The number of likely N-dealkylation sites (tertiary alicyclic amines) is 1. The van der Waals surface area contributed by atoms with E-state index in [1.54, 1.807) is 4.90 Å². The monoisotopic (exact) mass is 418 g/mol. The molecule has 1 aliphatic rings. The molecule has 0 spiro atoms. The van der Waals surface area contributed by atoms with E-state index in [1.165, 1.54) is 24.3 Å². The number of hydrogen-bond acceptors (Lipinski definition) is 4. The third kappa shape index (κ3) is 4.68. The van der Waals surface area contributed by atoms with Crippen LogP contribution >= 0.6 is 15.9 Å². The predicted octanol–water partition coefficient (Wildman–Crippen LogP) is 4.18. The zero-order valence-electron chi connectivity index (χ0n) is 14.1. The van der Waals surface area contributed by atoms with Gasteiger partial charge in [0.25, 0.3) is 11.6 Å². The van der Waals surface area contributed by atoms with Crippen LogP contribution in [0.2, 0.25) is 0 Å². The number of hydrogen-bond donors (Lipinski definition) is 0. The van der Waals surface area contributed by atoms with E-state index in [2.05, 4.69) is 15.9 Å². The maximum Gasteiger partial charge on any atom is 0.269 e. The number of halogens is 1. The number of amides is 1. The summed E-state index contributed by atoms with van der Waals surface area (Å²) < 4.78 is 7.00. The van der Waals surface area contributed by atoms with Gasteiger partial charge >= 0.3 is 0 Å². The molecule has 1 aliphatic heterocycles. The smallest absolute Gasteiger partial charge is 0.269 e. The second-order valence-electron chi connectivity index (χ2n) is 6.26. The van der Waals surface area contributed by atoms with Gasteiger partial charge in [-0.05, 0) is 42.7 Å². The highest BCUT2D eigenvalue weighted by Crippen LogP contribution is 2.20. The number of ether oxygens (including phenoxy) is 1. The highest BCUT2D eigenvalue weighted by molar-refractivity contribution is 9.10. The first-order valence-corrected chi connectivity index (χ1v) is 9.22. The minimum atomic E-state index is -0.471. The topological polar surface area (TPSA) is 72.7 Å². The Morgan fingerprint density at radius 1 is 1.19 bits per heavy atom. The summed E-state index contributed by atoms with van der Waals surface area (Å²) in [4.78, 5) is 24.6. The second-order valence-corrected chi connectivity index (χ2v) is 7.17. The molecule has 6 nitrogen and oxygen atoms in total. The van der Waals surface area contributed by atoms with Gasteiger partial charge in [0.05, 0.1) is 17.6 Å². The number of benzene rings is 2. The third-order valence-corrected chi connectivity index (χ3v) is 4.92. The van der Waals surface area contributed by atoms with Crippen molar-refractivity contribution in [2.24, 2.45) is 0 Å². The largest absolute Gasteiger partial charge is 0.372 e. The molecule has 0 aromatic heterocycles. The minimum absolute atomic E-state index is 0.00519. The minimum Gasteiger partial charge on any atom is -0.372 e. The normalized spacial score (nSPS) is 17.1. The molecule has 3 rings (SSSR count). The van der Waals surface area contributed by atoms with Crippen molar-refractivity contribution in [1.82, 2.24) is 4.90 Å². The van der Waals surface area contributed by atoms with E-state index < -0.39 is 4.92 Å². The van der Waals surface area contributed by atoms with Gasteiger partial charge in [-0.2, -0.15) is 0 Å². The maximum atomic E-state index is 12.6. The summed E-state index contributed by atoms with van der Waals surface area (Å²) >= 11 is 3.41. The molecule has 0 unspecified atom stereocenters. The van der Waals surface area contributed by atoms with E-state index in [0.29, 0.717) is 25.3 Å². The van der Waals surface area contributed by atoms with Gasteiger partial charge in [-0.15, -0.1) is 0 Å². The molecule has 2 aromatic rings. The zero-order valence-corrected chi connectivity index (χ0v) is 15.7. The van der Waals surface area contributed by atoms with Crippen LogP contribution in [0.4, 0.5) is 5.69 Å². The summed E-state index contributed by atoms with van der Waals surface area (Å²) in [6.07, 6.45) is 1.79. The highest BCUT2D eigenvalue weighted by atomic mass is 79.9. The molecule has 7 heteroatoms. The molecule has 1 saturated heterocycles. The van der Waals surface area contributed by atoms with E-state index in [9.17, 15) is 14.9 Å². The number of nitro benzene ring substituents is 1. The molecule has 136 valence electrons. The number of non-ortho nitro benzene ring substituents is 1. The van der Waals surface area contributed by atoms with Crippen molar-refractivity contribution >= 4 is 27.5 Å². The standard InChI is InChI=1S/C19H19BrN2O4/c20-16-7-3-14(4-8-16)13-26-18-2-1-11-21(12-18)19(23)15-5-9-17(10-6-15)22(24)25/h3-10,18H,1-2,11-13H2/t18-/m0/s1. The number of piperidine rings is 1. The lowest BCUT2D eigenvalue weighted by Crippen LogP contribution is -2.43. The van der Waals surface area contributed by atoms with Crippen molar-refractivity contribution in [1.29, 1.82) is 0 Å². The van der Waals surface area contributed by atoms with Gasteiger partial charge < -0.3 is 9.64 Å². The number of carbonyl (C=O) groups excluding carboxylic acids is 1. The Labute approximate surface area is 160 Å². The van der Waals surface area contributed by atoms with E-state index >= 15 is 0 Å². The Hall–Kier alpha value is -2.25. The number of nitrogens with zero attached hydrogens (tertiary/aromatic N) is 2. The fraction of sp³-hybridized carbons (Fsp3) is 0.316. The van der Waals surface area contributed by atoms with E-state index in [0.717, 1.165) is 22.9 Å². The van der Waals surface area contributed by atoms with Crippen LogP contribution in [0.3, 0.4) is 0 Å². The van der Waals surface area contributed by atoms with Crippen LogP contribution in [0.25, 0.3) is 0 Å². The summed E-state index contributed by atoms with van der Waals surface area (Å²) in [6, 6.07) is 13.7. The van der Waals surface area contributed by atoms with Crippen LogP contribution < -0.4 is 0 Å². The van der Waals surface area contributed by atoms with Crippen molar-refractivity contribution in [3.05, 3.63) is 74.2 Å². The van der Waals surface area contributed by atoms with Crippen molar-refractivity contribution in [2.75, 3.05) is 13.1 Å². The Bertz CT molecular complexity index is 777. The lowest BCUT2D eigenvalue weighted by atomic mass is 10.1. The van der Waals surface area contributed by atoms with Gasteiger partial charge in [-0.3, -0.25) is 14.9 Å². The molecule has 0 saturated carbocycles. The Balaban J connectivity index is 1.57. The molecule has 1 fully saturated rings. The average molecular weight is 419 g/mol. The first-order chi connectivity index (χ1) is 12.5. The average Bonchev–Trinajstić information content (AvgIpc) is 2.67. The Morgan fingerprint density at radius 3 is 2.54 bits per heavy atom. The van der Waals surface area contributed by atoms with Crippen molar-refractivity contribution in [3.63, 3.8) is 0 Å². The quantitative estimate of drug-likeness (QED) is 0.539. The van der Waals surface area contributed by atoms with Crippen molar-refractivity contribution in [2.45, 2.75) is 25.6 Å². The molecule has 1 atom stereocenters. The first kappa shape index (κ1) is 18.5. The van der Waals surface area contributed by atoms with Gasteiger partial charge in [-0.25, -0.2) is 0 Å². The predicted molar refractivity (Wildman–Crippen MR) is 101 cm³/mol. The molecule has 1 heterocycles. The molecular weight excluding hydrogens is 400 g/mol. The SMILES string of the molecule is O=C(c1ccc([N+](=O)[O-])cc1)N1CCC[C@H](OCc2ccc(Br)cc2)C1. The number of nitro groups is 1. The summed E-state index contributed by atoms with van der Waals surface area (Å²) in [5.74, 6) is -0.114. The van der Waals surface area contributed by atoms with Crippen LogP contribution in [0.5, 0.6) is 0 Å². The first-order valence-electron chi connectivity index (χ1n) is 8.43. The molecule has 0 N–H and O–H groups in total. The van der Waals surface area contributed by atoms with Crippen molar-refractivity contribution < 1.29 is 14.5 Å². The number of rotatable bonds is 5. The van der Waals surface area contributed by atoms with Gasteiger partial charge in [0.1, 0.15) is 0 Å². The molecular formula is C19H19BrN2O4. The van der Waals surface area contributed by atoms with E-state index in [-0.39, 0.29) is 17.7 Å². The Kier molecular flexibility index (Phi) is 6.00. The third-order valence-electron chi connectivity index (χ3n) is 4.39. The zero-order chi connectivity index (χ0) is 18.5. The summed E-state index contributed by atoms with van der Waals surface area (Å²) in [6.45, 7) is 1.72. The highest BCUT2D eigenvalue weighted by Gasteiger charge is 2.25. The molecule has 0 bridgehead atoms. The Morgan fingerprint density at radius 2 is 1.88 bits per heavy atom. The lowest BCUT2D eigenvalue weighted by Gasteiger charge is -2.32. The molecule has 26 heavy (non-hydrogen) atoms. The van der Waals surface area contributed by atoms with E-state index in [1.807, 2.05) is 24.3 Å². The molecule has 2 aromatic carbocycles. The maximum absolute atomic E-state index is 12.6. The van der Waals surface area contributed by atoms with Crippen LogP contribution in [-0.4, -0.2) is 34.9 Å². The van der Waals surface area contributed by atoms with Crippen molar-refractivity contribution in [3.8, 4) is 0 Å². The van der Waals surface area contributed by atoms with Gasteiger partial charge in [-0.1, -0.05) is 28.1 Å². The molecule has 0 aliphatic carbocycles. The van der Waals surface area contributed by atoms with Crippen LogP contribution in [-0.2, 0) is 11.3 Å². The van der Waals surface area contributed by atoms with Crippen LogP contribution in [0.1, 0.15) is 28.8 Å². The fourth-order valence-corrected chi connectivity index (χ4v) is 3.23. The van der Waals surface area contributed by atoms with Gasteiger partial charge in [0, 0.05) is 35.3 Å². The summed E-state index contributed by atoms with van der Waals surface area (Å²) in [7, 11) is 0.